The largest absolute Gasteiger partial charge is 0.513 e. The van der Waals surface area contributed by atoms with Crippen molar-refractivity contribution >= 4 is 6.16 Å². The van der Waals surface area contributed by atoms with Gasteiger partial charge in [0.2, 0.25) is 0 Å². The van der Waals surface area contributed by atoms with E-state index in [4.69, 9.17) is 14.5 Å². The molecule has 0 saturated carbocycles. The number of nitrogens with zero attached hydrogens (tertiary/aromatic N) is 2. The molecule has 0 saturated heterocycles. The molecule has 0 bridgehead atoms. The number of rotatable bonds is 10. The van der Waals surface area contributed by atoms with Gasteiger partial charge in [0, 0.05) is 17.5 Å². The van der Waals surface area contributed by atoms with E-state index in [0.717, 1.165) is 61.7 Å². The first kappa shape index (κ1) is 23.2. The smallest absolute Gasteiger partial charge is 0.434 e. The molecule has 0 N–H and O–H groups in total. The number of hydrogen-bond acceptors (Lipinski definition) is 5. The third-order valence-corrected chi connectivity index (χ3v) is 6.22. The standard InChI is InChI=1S/C26H36N2O3/c1-4-6-7-8-15-30-26(29)31-23-12-10-21(11-13-23)25-27-18-22-17-20(16-19(3)5-2)9-14-24(22)28-25/h10-13,18-20H,4-9,14-17H2,1-3H3. The van der Waals surface area contributed by atoms with Crippen LogP contribution in [0.5, 0.6) is 5.75 Å². The molecule has 168 valence electrons. The first-order valence-electron chi connectivity index (χ1n) is 11.9. The third-order valence-electron chi connectivity index (χ3n) is 6.22. The Kier molecular flexibility index (Phi) is 8.86. The average molecular weight is 425 g/mol. The summed E-state index contributed by atoms with van der Waals surface area (Å²) >= 11 is 0. The maximum atomic E-state index is 11.8. The Labute approximate surface area is 186 Å². The van der Waals surface area contributed by atoms with E-state index < -0.39 is 6.16 Å². The fourth-order valence-corrected chi connectivity index (χ4v) is 4.14. The molecule has 2 aromatic rings. The van der Waals surface area contributed by atoms with Crippen LogP contribution in [-0.2, 0) is 17.6 Å². The normalized spacial score (nSPS) is 16.4. The van der Waals surface area contributed by atoms with E-state index in [2.05, 4.69) is 25.8 Å². The van der Waals surface area contributed by atoms with Gasteiger partial charge in [0.25, 0.3) is 0 Å². The van der Waals surface area contributed by atoms with Gasteiger partial charge in [0.15, 0.2) is 5.82 Å². The fraction of sp³-hybridized carbons (Fsp3) is 0.577. The van der Waals surface area contributed by atoms with E-state index in [1.165, 1.54) is 30.5 Å². The summed E-state index contributed by atoms with van der Waals surface area (Å²) in [4.78, 5) is 21.2. The number of carbonyl (C=O) groups excluding carboxylic acids is 1. The zero-order chi connectivity index (χ0) is 22.1. The summed E-state index contributed by atoms with van der Waals surface area (Å²) in [5.74, 6) is 2.72. The Morgan fingerprint density at radius 1 is 1.16 bits per heavy atom. The molecule has 5 heteroatoms. The lowest BCUT2D eigenvalue weighted by Gasteiger charge is -2.26. The highest BCUT2D eigenvalue weighted by Crippen LogP contribution is 2.30. The van der Waals surface area contributed by atoms with Gasteiger partial charge >= 0.3 is 6.16 Å². The van der Waals surface area contributed by atoms with Gasteiger partial charge in [-0.15, -0.1) is 0 Å². The van der Waals surface area contributed by atoms with E-state index >= 15 is 0 Å². The summed E-state index contributed by atoms with van der Waals surface area (Å²) in [5, 5.41) is 0. The monoisotopic (exact) mass is 424 g/mol. The van der Waals surface area contributed by atoms with Crippen molar-refractivity contribution in [3.63, 3.8) is 0 Å². The highest BCUT2D eigenvalue weighted by atomic mass is 16.7. The Bertz CT molecular complexity index is 835. The summed E-state index contributed by atoms with van der Waals surface area (Å²) in [5.41, 5.74) is 3.40. The SMILES string of the molecule is CCCCCCOC(=O)Oc1ccc(-c2ncc3c(n2)CCC(CC(C)CC)C3)cc1. The highest BCUT2D eigenvalue weighted by Gasteiger charge is 2.22. The van der Waals surface area contributed by atoms with Crippen molar-refractivity contribution in [3.8, 4) is 17.1 Å². The van der Waals surface area contributed by atoms with E-state index in [-0.39, 0.29) is 0 Å². The van der Waals surface area contributed by atoms with Gasteiger partial charge in [-0.1, -0.05) is 46.5 Å². The fourth-order valence-electron chi connectivity index (χ4n) is 4.14. The summed E-state index contributed by atoms with van der Waals surface area (Å²) in [6.45, 7) is 7.16. The van der Waals surface area contributed by atoms with Crippen LogP contribution in [0.4, 0.5) is 4.79 Å². The van der Waals surface area contributed by atoms with Crippen LogP contribution in [0.2, 0.25) is 0 Å². The Balaban J connectivity index is 1.54. The van der Waals surface area contributed by atoms with Gasteiger partial charge < -0.3 is 9.47 Å². The molecule has 1 heterocycles. The van der Waals surface area contributed by atoms with Crippen molar-refractivity contribution in [2.45, 2.75) is 78.6 Å². The summed E-state index contributed by atoms with van der Waals surface area (Å²) in [6.07, 6.45) is 11.5. The van der Waals surface area contributed by atoms with Gasteiger partial charge in [-0.25, -0.2) is 14.8 Å². The van der Waals surface area contributed by atoms with Crippen LogP contribution in [0.1, 0.15) is 77.0 Å². The number of carbonyl (C=O) groups is 1. The molecule has 1 aromatic carbocycles. The molecule has 0 amide bonds. The predicted molar refractivity (Wildman–Crippen MR) is 123 cm³/mol. The molecule has 1 aliphatic carbocycles. The van der Waals surface area contributed by atoms with Gasteiger partial charge in [-0.3, -0.25) is 0 Å². The van der Waals surface area contributed by atoms with Crippen LogP contribution in [-0.4, -0.2) is 22.7 Å². The summed E-state index contributed by atoms with van der Waals surface area (Å²) in [6, 6.07) is 7.30. The Morgan fingerprint density at radius 3 is 2.71 bits per heavy atom. The molecule has 0 aliphatic heterocycles. The Hall–Kier alpha value is -2.43. The van der Waals surface area contributed by atoms with Crippen molar-refractivity contribution in [1.29, 1.82) is 0 Å². The van der Waals surface area contributed by atoms with Crippen LogP contribution < -0.4 is 4.74 Å². The summed E-state index contributed by atoms with van der Waals surface area (Å²) in [7, 11) is 0. The van der Waals surface area contributed by atoms with Gasteiger partial charge in [-0.05, 0) is 73.8 Å². The van der Waals surface area contributed by atoms with Crippen LogP contribution >= 0.6 is 0 Å². The van der Waals surface area contributed by atoms with Gasteiger partial charge in [0.1, 0.15) is 5.75 Å². The van der Waals surface area contributed by atoms with Crippen molar-refractivity contribution in [2.24, 2.45) is 11.8 Å². The van der Waals surface area contributed by atoms with Crippen molar-refractivity contribution in [1.82, 2.24) is 9.97 Å². The number of hydrogen-bond donors (Lipinski definition) is 0. The number of unbranched alkanes of at least 4 members (excludes halogenated alkanes) is 3. The van der Waals surface area contributed by atoms with Crippen molar-refractivity contribution < 1.29 is 14.3 Å². The van der Waals surface area contributed by atoms with Gasteiger partial charge in [0.05, 0.1) is 6.61 Å². The van der Waals surface area contributed by atoms with Crippen LogP contribution in [0.3, 0.4) is 0 Å². The maximum absolute atomic E-state index is 11.8. The zero-order valence-electron chi connectivity index (χ0n) is 19.2. The molecule has 2 atom stereocenters. The Morgan fingerprint density at radius 2 is 1.97 bits per heavy atom. The lowest BCUT2D eigenvalue weighted by Crippen LogP contribution is -2.18. The van der Waals surface area contributed by atoms with E-state index in [9.17, 15) is 4.79 Å². The molecular weight excluding hydrogens is 388 g/mol. The number of aryl methyl sites for hydroxylation is 1. The molecule has 0 fully saturated rings. The predicted octanol–water partition coefficient (Wildman–Crippen LogP) is 6.78. The van der Waals surface area contributed by atoms with Gasteiger partial charge in [-0.2, -0.15) is 0 Å². The maximum Gasteiger partial charge on any atom is 0.513 e. The third kappa shape index (κ3) is 7.05. The topological polar surface area (TPSA) is 61.3 Å². The first-order chi connectivity index (χ1) is 15.1. The molecule has 31 heavy (non-hydrogen) atoms. The minimum atomic E-state index is -0.652. The van der Waals surface area contributed by atoms with E-state index in [1.54, 1.807) is 12.1 Å². The molecule has 3 rings (SSSR count). The number of fused-ring (bicyclic) bond motifs is 1. The van der Waals surface area contributed by atoms with E-state index in [1.807, 2.05) is 18.3 Å². The molecule has 2 unspecified atom stereocenters. The molecule has 5 nitrogen and oxygen atoms in total. The number of ether oxygens (including phenoxy) is 2. The number of aromatic nitrogens is 2. The highest BCUT2D eigenvalue weighted by molar-refractivity contribution is 5.65. The molecule has 0 spiro atoms. The lowest BCUT2D eigenvalue weighted by atomic mass is 9.81. The van der Waals surface area contributed by atoms with E-state index in [0.29, 0.717) is 12.4 Å². The second-order valence-corrected chi connectivity index (χ2v) is 8.81. The second kappa shape index (κ2) is 11.8. The minimum absolute atomic E-state index is 0.401. The molecular formula is C26H36N2O3. The molecule has 1 aromatic heterocycles. The number of benzene rings is 1. The minimum Gasteiger partial charge on any atom is -0.434 e. The van der Waals surface area contributed by atoms with Crippen LogP contribution in [0.15, 0.2) is 30.5 Å². The average Bonchev–Trinajstić information content (AvgIpc) is 2.79. The van der Waals surface area contributed by atoms with Crippen molar-refractivity contribution in [3.05, 3.63) is 41.7 Å². The molecule has 1 aliphatic rings. The second-order valence-electron chi connectivity index (χ2n) is 8.81. The zero-order valence-corrected chi connectivity index (χ0v) is 19.2. The summed E-state index contributed by atoms with van der Waals surface area (Å²) < 4.78 is 10.4. The molecule has 0 radical (unpaired) electrons. The van der Waals surface area contributed by atoms with Crippen molar-refractivity contribution in [2.75, 3.05) is 6.61 Å². The first-order valence-corrected chi connectivity index (χ1v) is 11.9. The van der Waals surface area contributed by atoms with Crippen LogP contribution in [0.25, 0.3) is 11.4 Å². The quantitative estimate of drug-likeness (QED) is 0.239. The van der Waals surface area contributed by atoms with Crippen LogP contribution in [0, 0.1) is 11.8 Å². The lowest BCUT2D eigenvalue weighted by molar-refractivity contribution is 0.0973.